The predicted octanol–water partition coefficient (Wildman–Crippen LogP) is 3.75. The van der Waals surface area contributed by atoms with Gasteiger partial charge < -0.3 is 0 Å². The third-order valence-electron chi connectivity index (χ3n) is 3.04. The van der Waals surface area contributed by atoms with Crippen LogP contribution in [0.15, 0.2) is 41.4 Å². The summed E-state index contributed by atoms with van der Waals surface area (Å²) in [4.78, 5) is 9.31. The van der Waals surface area contributed by atoms with Crippen LogP contribution in [-0.4, -0.2) is 10.7 Å². The summed E-state index contributed by atoms with van der Waals surface area (Å²) in [5, 5.41) is 1.16. The van der Waals surface area contributed by atoms with Crippen molar-refractivity contribution >= 4 is 22.3 Å². The Bertz CT molecular complexity index is 651. The first kappa shape index (κ1) is 10.2. The second-order valence-electron chi connectivity index (χ2n) is 4.46. The number of allylic oxidation sites excluding steroid dienone is 2. The Morgan fingerprint density at radius 2 is 1.88 bits per heavy atom. The molecule has 84 valence electrons. The Morgan fingerprint density at radius 1 is 1.06 bits per heavy atom. The molecule has 0 N–H and O–H groups in total. The standard InChI is InChI=1S/C15H14N2/c1-10-4-3-5-12-8-9-13-7-6-11(2)17-15(13)14(12)16-10/h3-4,6-9H,5H2,1-2H3. The van der Waals surface area contributed by atoms with Gasteiger partial charge in [-0.2, -0.15) is 0 Å². The zero-order valence-electron chi connectivity index (χ0n) is 10.1. The molecule has 0 spiro atoms. The van der Waals surface area contributed by atoms with Crippen LogP contribution in [0.1, 0.15) is 18.2 Å². The highest BCUT2D eigenvalue weighted by atomic mass is 14.8. The summed E-state index contributed by atoms with van der Waals surface area (Å²) in [6.07, 6.45) is 5.16. The minimum atomic E-state index is 0.932. The monoisotopic (exact) mass is 222 g/mol. The molecule has 1 aromatic heterocycles. The molecule has 17 heavy (non-hydrogen) atoms. The molecule has 0 saturated heterocycles. The quantitative estimate of drug-likeness (QED) is 0.666. The van der Waals surface area contributed by atoms with Gasteiger partial charge in [0.2, 0.25) is 0 Å². The van der Waals surface area contributed by atoms with Crippen molar-refractivity contribution in [2.75, 3.05) is 0 Å². The molecule has 1 aliphatic heterocycles. The van der Waals surface area contributed by atoms with Gasteiger partial charge in [-0.15, -0.1) is 0 Å². The van der Waals surface area contributed by atoms with Crippen LogP contribution >= 0.6 is 0 Å². The van der Waals surface area contributed by atoms with Crippen molar-refractivity contribution in [2.24, 2.45) is 4.99 Å². The molecule has 3 rings (SSSR count). The van der Waals surface area contributed by atoms with E-state index in [0.29, 0.717) is 0 Å². The molecule has 2 heteroatoms. The van der Waals surface area contributed by atoms with Crippen LogP contribution in [0.3, 0.4) is 0 Å². The van der Waals surface area contributed by atoms with Gasteiger partial charge in [0, 0.05) is 16.8 Å². The lowest BCUT2D eigenvalue weighted by Crippen LogP contribution is -1.89. The zero-order valence-corrected chi connectivity index (χ0v) is 10.1. The van der Waals surface area contributed by atoms with Gasteiger partial charge in [-0.05, 0) is 38.0 Å². The number of nitrogens with zero attached hydrogens (tertiary/aromatic N) is 2. The molecule has 0 fully saturated rings. The van der Waals surface area contributed by atoms with E-state index in [2.05, 4.69) is 40.3 Å². The molecule has 2 heterocycles. The maximum absolute atomic E-state index is 4.68. The fourth-order valence-corrected chi connectivity index (χ4v) is 2.17. The number of aromatic nitrogens is 1. The smallest absolute Gasteiger partial charge is 0.0964 e. The minimum Gasteiger partial charge on any atom is -0.251 e. The van der Waals surface area contributed by atoms with Gasteiger partial charge in [0.1, 0.15) is 0 Å². The summed E-state index contributed by atoms with van der Waals surface area (Å²) in [7, 11) is 0. The second kappa shape index (κ2) is 3.81. The van der Waals surface area contributed by atoms with E-state index in [0.717, 1.165) is 34.4 Å². The first-order valence-electron chi connectivity index (χ1n) is 5.85. The van der Waals surface area contributed by atoms with Gasteiger partial charge in [-0.1, -0.05) is 24.3 Å². The Hall–Kier alpha value is -1.96. The summed E-state index contributed by atoms with van der Waals surface area (Å²) in [6, 6.07) is 8.44. The zero-order chi connectivity index (χ0) is 11.8. The topological polar surface area (TPSA) is 25.2 Å². The average molecular weight is 222 g/mol. The van der Waals surface area contributed by atoms with E-state index in [-0.39, 0.29) is 0 Å². The minimum absolute atomic E-state index is 0.932. The predicted molar refractivity (Wildman–Crippen MR) is 72.1 cm³/mol. The van der Waals surface area contributed by atoms with Crippen LogP contribution in [0.25, 0.3) is 10.9 Å². The summed E-state index contributed by atoms with van der Waals surface area (Å²) in [6.45, 7) is 4.05. The number of benzene rings is 1. The molecule has 0 radical (unpaired) electrons. The average Bonchev–Trinajstić information content (AvgIpc) is 2.50. The number of aryl methyl sites for hydroxylation is 1. The Labute approximate surface area is 101 Å². The van der Waals surface area contributed by atoms with Crippen molar-refractivity contribution in [1.82, 2.24) is 4.98 Å². The van der Waals surface area contributed by atoms with Gasteiger partial charge in [-0.3, -0.25) is 9.98 Å². The molecule has 0 aliphatic carbocycles. The van der Waals surface area contributed by atoms with Crippen LogP contribution in [0.4, 0.5) is 5.69 Å². The van der Waals surface area contributed by atoms with E-state index in [1.54, 1.807) is 0 Å². The Balaban J connectivity index is 2.38. The van der Waals surface area contributed by atoms with Gasteiger partial charge in [0.05, 0.1) is 11.2 Å². The van der Waals surface area contributed by atoms with Gasteiger partial charge >= 0.3 is 0 Å². The molecule has 0 amide bonds. The molecule has 0 saturated carbocycles. The number of hydrogen-bond donors (Lipinski definition) is 0. The fraction of sp³-hybridized carbons (Fsp3) is 0.200. The fourth-order valence-electron chi connectivity index (χ4n) is 2.17. The van der Waals surface area contributed by atoms with E-state index in [1.165, 1.54) is 5.56 Å². The lowest BCUT2D eigenvalue weighted by atomic mass is 10.1. The maximum atomic E-state index is 4.68. The van der Waals surface area contributed by atoms with Crippen LogP contribution < -0.4 is 0 Å². The van der Waals surface area contributed by atoms with Crippen molar-refractivity contribution in [3.05, 3.63) is 47.7 Å². The SMILES string of the molecule is CC1=Nc2c(ccc3ccc(C)nc23)CC=C1. The third-order valence-corrected chi connectivity index (χ3v) is 3.04. The highest BCUT2D eigenvalue weighted by Crippen LogP contribution is 2.31. The molecular weight excluding hydrogens is 208 g/mol. The van der Waals surface area contributed by atoms with Crippen molar-refractivity contribution < 1.29 is 0 Å². The molecule has 0 unspecified atom stereocenters. The number of aliphatic imine (C=N–C) groups is 1. The third kappa shape index (κ3) is 1.76. The van der Waals surface area contributed by atoms with Crippen LogP contribution in [0.5, 0.6) is 0 Å². The van der Waals surface area contributed by atoms with Crippen molar-refractivity contribution in [3.63, 3.8) is 0 Å². The lowest BCUT2D eigenvalue weighted by molar-refractivity contribution is 1.22. The normalized spacial score (nSPS) is 14.4. The van der Waals surface area contributed by atoms with Gasteiger partial charge in [0.15, 0.2) is 0 Å². The molecule has 0 atom stereocenters. The molecule has 1 aliphatic rings. The number of rotatable bonds is 0. The van der Waals surface area contributed by atoms with Crippen molar-refractivity contribution in [2.45, 2.75) is 20.3 Å². The van der Waals surface area contributed by atoms with Crippen molar-refractivity contribution in [3.8, 4) is 0 Å². The van der Waals surface area contributed by atoms with E-state index in [1.807, 2.05) is 19.9 Å². The first-order valence-corrected chi connectivity index (χ1v) is 5.85. The molecule has 0 bridgehead atoms. The van der Waals surface area contributed by atoms with Gasteiger partial charge in [0.25, 0.3) is 0 Å². The van der Waals surface area contributed by atoms with Crippen molar-refractivity contribution in [1.29, 1.82) is 0 Å². The number of hydrogen-bond acceptors (Lipinski definition) is 2. The van der Waals surface area contributed by atoms with Crippen LogP contribution in [0.2, 0.25) is 0 Å². The van der Waals surface area contributed by atoms with Gasteiger partial charge in [-0.25, -0.2) is 0 Å². The van der Waals surface area contributed by atoms with E-state index in [9.17, 15) is 0 Å². The Morgan fingerprint density at radius 3 is 2.76 bits per heavy atom. The lowest BCUT2D eigenvalue weighted by Gasteiger charge is -2.07. The second-order valence-corrected chi connectivity index (χ2v) is 4.46. The van der Waals surface area contributed by atoms with E-state index in [4.69, 9.17) is 0 Å². The van der Waals surface area contributed by atoms with Crippen LogP contribution in [-0.2, 0) is 6.42 Å². The van der Waals surface area contributed by atoms with E-state index < -0.39 is 0 Å². The number of fused-ring (bicyclic) bond motifs is 3. The highest BCUT2D eigenvalue weighted by Gasteiger charge is 2.09. The van der Waals surface area contributed by atoms with Crippen LogP contribution in [0, 0.1) is 6.92 Å². The maximum Gasteiger partial charge on any atom is 0.0964 e. The van der Waals surface area contributed by atoms with E-state index >= 15 is 0 Å². The summed E-state index contributed by atoms with van der Waals surface area (Å²) in [5.74, 6) is 0. The molecular formula is C15H14N2. The molecule has 2 nitrogen and oxygen atoms in total. The largest absolute Gasteiger partial charge is 0.251 e. The number of pyridine rings is 1. The molecule has 1 aromatic carbocycles. The summed E-state index contributed by atoms with van der Waals surface area (Å²) >= 11 is 0. The first-order chi connectivity index (χ1) is 8.24. The Kier molecular flexibility index (Phi) is 2.29. The highest BCUT2D eigenvalue weighted by molar-refractivity contribution is 6.00. The summed E-state index contributed by atoms with van der Waals surface area (Å²) < 4.78 is 0. The molecule has 2 aromatic rings. The summed E-state index contributed by atoms with van der Waals surface area (Å²) in [5.41, 5.74) is 5.39.